The summed E-state index contributed by atoms with van der Waals surface area (Å²) in [6.45, 7) is 4.17. The van der Waals surface area contributed by atoms with E-state index in [0.29, 0.717) is 11.6 Å². The molecule has 3 heteroatoms. The van der Waals surface area contributed by atoms with Gasteiger partial charge in [0.1, 0.15) is 5.92 Å². The van der Waals surface area contributed by atoms with E-state index >= 15 is 0 Å². The van der Waals surface area contributed by atoms with Crippen LogP contribution in [0.4, 0.5) is 0 Å². The maximum absolute atomic E-state index is 11.6. The summed E-state index contributed by atoms with van der Waals surface area (Å²) < 4.78 is 5.00. The van der Waals surface area contributed by atoms with Crippen LogP contribution in [0.15, 0.2) is 29.8 Å². The molecular formula is C13H13ClO2. The van der Waals surface area contributed by atoms with Gasteiger partial charge in [-0.1, -0.05) is 29.8 Å². The average Bonchev–Trinajstić information content (AvgIpc) is 2.91. The monoisotopic (exact) mass is 236 g/mol. The van der Waals surface area contributed by atoms with E-state index in [9.17, 15) is 4.79 Å². The Balaban J connectivity index is 2.20. The van der Waals surface area contributed by atoms with Crippen molar-refractivity contribution in [1.29, 1.82) is 0 Å². The molecule has 1 aliphatic carbocycles. The molecule has 0 aromatic heterocycles. The topological polar surface area (TPSA) is 26.3 Å². The molecule has 84 valence electrons. The number of esters is 1. The van der Waals surface area contributed by atoms with E-state index in [1.165, 1.54) is 0 Å². The molecule has 0 heterocycles. The highest BCUT2D eigenvalue weighted by Gasteiger charge is 2.41. The molecule has 1 atom stereocenters. The van der Waals surface area contributed by atoms with E-state index in [-0.39, 0.29) is 11.9 Å². The van der Waals surface area contributed by atoms with Gasteiger partial charge in [-0.2, -0.15) is 0 Å². The standard InChI is InChI=1S/C13H13ClO2/c1-3-16-13(15)12-8(2)11(12)9-6-4-5-7-10(9)14/h4-7,12H,3H2,1-2H3. The first-order valence-corrected chi connectivity index (χ1v) is 5.66. The van der Waals surface area contributed by atoms with Gasteiger partial charge in [-0.15, -0.1) is 0 Å². The first-order valence-electron chi connectivity index (χ1n) is 5.29. The number of hydrogen-bond donors (Lipinski definition) is 0. The summed E-state index contributed by atoms with van der Waals surface area (Å²) in [5.74, 6) is -0.352. The quantitative estimate of drug-likeness (QED) is 0.753. The number of carbonyl (C=O) groups excluding carboxylic acids is 1. The van der Waals surface area contributed by atoms with Crippen molar-refractivity contribution in [2.75, 3.05) is 6.61 Å². The van der Waals surface area contributed by atoms with Gasteiger partial charge in [0.25, 0.3) is 0 Å². The molecular weight excluding hydrogens is 224 g/mol. The molecule has 0 radical (unpaired) electrons. The van der Waals surface area contributed by atoms with Crippen molar-refractivity contribution < 1.29 is 9.53 Å². The summed E-state index contributed by atoms with van der Waals surface area (Å²) >= 11 is 6.09. The van der Waals surface area contributed by atoms with Crippen LogP contribution in [0.1, 0.15) is 19.4 Å². The van der Waals surface area contributed by atoms with Crippen molar-refractivity contribution in [1.82, 2.24) is 0 Å². The molecule has 0 amide bonds. The van der Waals surface area contributed by atoms with Gasteiger partial charge >= 0.3 is 5.97 Å². The molecule has 2 rings (SSSR count). The van der Waals surface area contributed by atoms with Gasteiger partial charge in [-0.3, -0.25) is 4.79 Å². The zero-order valence-electron chi connectivity index (χ0n) is 9.29. The Morgan fingerprint density at radius 3 is 2.75 bits per heavy atom. The van der Waals surface area contributed by atoms with E-state index in [1.54, 1.807) is 0 Å². The molecule has 1 aromatic rings. The Kier molecular flexibility index (Phi) is 3.01. The fourth-order valence-corrected chi connectivity index (χ4v) is 2.14. The number of carbonyl (C=O) groups is 1. The predicted octanol–water partition coefficient (Wildman–Crippen LogP) is 3.31. The first kappa shape index (κ1) is 11.2. The van der Waals surface area contributed by atoms with E-state index < -0.39 is 0 Å². The third-order valence-corrected chi connectivity index (χ3v) is 3.08. The van der Waals surface area contributed by atoms with Crippen LogP contribution in [-0.4, -0.2) is 12.6 Å². The summed E-state index contributed by atoms with van der Waals surface area (Å²) in [6, 6.07) is 7.56. The molecule has 0 aliphatic heterocycles. The Morgan fingerprint density at radius 1 is 1.44 bits per heavy atom. The van der Waals surface area contributed by atoms with Crippen molar-refractivity contribution in [3.05, 3.63) is 40.4 Å². The van der Waals surface area contributed by atoms with Gasteiger partial charge in [0.15, 0.2) is 0 Å². The number of hydrogen-bond acceptors (Lipinski definition) is 2. The normalized spacial score (nSPS) is 18.6. The molecule has 16 heavy (non-hydrogen) atoms. The lowest BCUT2D eigenvalue weighted by Gasteiger charge is -2.03. The van der Waals surface area contributed by atoms with Crippen LogP contribution in [0.5, 0.6) is 0 Å². The summed E-state index contributed by atoms with van der Waals surface area (Å²) in [5, 5.41) is 0.684. The SMILES string of the molecule is CCOC(=O)C1C(C)=C1c1ccccc1Cl. The summed E-state index contributed by atoms with van der Waals surface area (Å²) in [4.78, 5) is 11.6. The lowest BCUT2D eigenvalue weighted by atomic mass is 10.1. The minimum Gasteiger partial charge on any atom is -0.465 e. The minimum absolute atomic E-state index is 0.171. The van der Waals surface area contributed by atoms with Crippen LogP contribution in [0.25, 0.3) is 5.57 Å². The summed E-state index contributed by atoms with van der Waals surface area (Å²) in [6.07, 6.45) is 0. The van der Waals surface area contributed by atoms with Crippen molar-refractivity contribution in [2.24, 2.45) is 5.92 Å². The molecule has 1 aliphatic rings. The van der Waals surface area contributed by atoms with E-state index in [4.69, 9.17) is 16.3 Å². The molecule has 1 unspecified atom stereocenters. The third-order valence-electron chi connectivity index (χ3n) is 2.75. The highest BCUT2D eigenvalue weighted by atomic mass is 35.5. The van der Waals surface area contributed by atoms with Gasteiger partial charge in [0, 0.05) is 5.02 Å². The van der Waals surface area contributed by atoms with Gasteiger partial charge < -0.3 is 4.74 Å². The van der Waals surface area contributed by atoms with E-state index in [2.05, 4.69) is 0 Å². The Morgan fingerprint density at radius 2 is 2.12 bits per heavy atom. The largest absolute Gasteiger partial charge is 0.465 e. The van der Waals surface area contributed by atoms with Gasteiger partial charge in [0.05, 0.1) is 6.61 Å². The van der Waals surface area contributed by atoms with Crippen LogP contribution in [0.3, 0.4) is 0 Å². The Labute approximate surface area is 99.9 Å². The molecule has 0 saturated carbocycles. The lowest BCUT2D eigenvalue weighted by Crippen LogP contribution is -2.09. The summed E-state index contributed by atoms with van der Waals surface area (Å²) in [5.41, 5.74) is 3.02. The second-order valence-corrected chi connectivity index (χ2v) is 4.17. The fraction of sp³-hybridized carbons (Fsp3) is 0.308. The van der Waals surface area contributed by atoms with Crippen LogP contribution >= 0.6 is 11.6 Å². The summed E-state index contributed by atoms with van der Waals surface area (Å²) in [7, 11) is 0. The second-order valence-electron chi connectivity index (χ2n) is 3.76. The van der Waals surface area contributed by atoms with Crippen LogP contribution in [0, 0.1) is 5.92 Å². The van der Waals surface area contributed by atoms with Crippen molar-refractivity contribution in [3.8, 4) is 0 Å². The average molecular weight is 237 g/mol. The van der Waals surface area contributed by atoms with E-state index in [0.717, 1.165) is 16.7 Å². The minimum atomic E-state index is -0.181. The molecule has 0 N–H and O–H groups in total. The van der Waals surface area contributed by atoms with Crippen molar-refractivity contribution in [3.63, 3.8) is 0 Å². The first-order chi connectivity index (χ1) is 7.66. The van der Waals surface area contributed by atoms with Gasteiger partial charge in [-0.25, -0.2) is 0 Å². The molecule has 0 saturated heterocycles. The zero-order chi connectivity index (χ0) is 11.7. The Bertz CT molecular complexity index is 463. The van der Waals surface area contributed by atoms with Crippen LogP contribution < -0.4 is 0 Å². The highest BCUT2D eigenvalue weighted by Crippen LogP contribution is 2.49. The maximum Gasteiger partial charge on any atom is 0.317 e. The Hall–Kier alpha value is -1.28. The molecule has 0 bridgehead atoms. The third kappa shape index (κ3) is 1.85. The van der Waals surface area contributed by atoms with Gasteiger partial charge in [-0.05, 0) is 36.6 Å². The number of ether oxygens (including phenoxy) is 1. The second kappa shape index (κ2) is 4.30. The number of rotatable bonds is 3. The fourth-order valence-electron chi connectivity index (χ4n) is 1.90. The smallest absolute Gasteiger partial charge is 0.317 e. The number of halogens is 1. The predicted molar refractivity (Wildman–Crippen MR) is 64.2 cm³/mol. The van der Waals surface area contributed by atoms with Crippen molar-refractivity contribution >= 4 is 23.1 Å². The van der Waals surface area contributed by atoms with E-state index in [1.807, 2.05) is 38.1 Å². The maximum atomic E-state index is 11.6. The highest BCUT2D eigenvalue weighted by molar-refractivity contribution is 6.33. The lowest BCUT2D eigenvalue weighted by molar-refractivity contribution is -0.143. The molecule has 0 fully saturated rings. The molecule has 2 nitrogen and oxygen atoms in total. The van der Waals surface area contributed by atoms with Crippen LogP contribution in [0.2, 0.25) is 5.02 Å². The molecule has 0 spiro atoms. The van der Waals surface area contributed by atoms with Crippen LogP contribution in [-0.2, 0) is 9.53 Å². The zero-order valence-corrected chi connectivity index (χ0v) is 10.0. The number of benzene rings is 1. The van der Waals surface area contributed by atoms with Crippen molar-refractivity contribution in [2.45, 2.75) is 13.8 Å². The molecule has 1 aromatic carbocycles. The van der Waals surface area contributed by atoms with Gasteiger partial charge in [0.2, 0.25) is 0 Å².